The molecule has 0 saturated carbocycles. The van der Waals surface area contributed by atoms with Crippen molar-refractivity contribution in [2.45, 2.75) is 25.0 Å². The lowest BCUT2D eigenvalue weighted by molar-refractivity contribution is -0.146. The molecule has 1 aliphatic carbocycles. The molecule has 3 heteroatoms. The average Bonchev–Trinajstić information content (AvgIpc) is 1.94. The lowest BCUT2D eigenvalue weighted by Crippen LogP contribution is -2.49. The number of aliphatic hydroxyl groups is 2. The van der Waals surface area contributed by atoms with E-state index in [4.69, 9.17) is 0 Å². The van der Waals surface area contributed by atoms with Gasteiger partial charge >= 0.3 is 0 Å². The summed E-state index contributed by atoms with van der Waals surface area (Å²) in [5, 5.41) is 18.7. The van der Waals surface area contributed by atoms with Gasteiger partial charge in [-0.25, -0.2) is 0 Å². The van der Waals surface area contributed by atoms with E-state index in [1.165, 1.54) is 26.0 Å². The smallest absolute Gasteiger partial charge is 0.189 e. The molecule has 3 nitrogen and oxygen atoms in total. The van der Waals surface area contributed by atoms with Crippen molar-refractivity contribution in [1.82, 2.24) is 0 Å². The molecule has 0 heterocycles. The SMILES string of the molecule is CC1(O)C=CC(=O)C1(C)O. The van der Waals surface area contributed by atoms with Crippen LogP contribution >= 0.6 is 0 Å². The molecule has 56 valence electrons. The van der Waals surface area contributed by atoms with E-state index in [9.17, 15) is 15.0 Å². The first kappa shape index (κ1) is 7.44. The largest absolute Gasteiger partial charge is 0.383 e. The van der Waals surface area contributed by atoms with Gasteiger partial charge in [0.25, 0.3) is 0 Å². The average molecular weight is 142 g/mol. The predicted molar refractivity (Wildman–Crippen MR) is 35.4 cm³/mol. The Kier molecular flexibility index (Phi) is 1.25. The molecule has 0 radical (unpaired) electrons. The van der Waals surface area contributed by atoms with E-state index in [1.54, 1.807) is 0 Å². The maximum absolute atomic E-state index is 10.8. The normalized spacial score (nSPS) is 46.6. The molecule has 2 N–H and O–H groups in total. The Morgan fingerprint density at radius 3 is 2.00 bits per heavy atom. The van der Waals surface area contributed by atoms with Gasteiger partial charge in [-0.2, -0.15) is 0 Å². The molecule has 0 bridgehead atoms. The molecule has 1 aliphatic rings. The van der Waals surface area contributed by atoms with Gasteiger partial charge in [0.15, 0.2) is 11.4 Å². The second kappa shape index (κ2) is 1.68. The molecule has 10 heavy (non-hydrogen) atoms. The molecule has 0 aromatic heterocycles. The highest BCUT2D eigenvalue weighted by molar-refractivity contribution is 6.00. The molecule has 0 spiro atoms. The molecular weight excluding hydrogens is 132 g/mol. The van der Waals surface area contributed by atoms with E-state index in [-0.39, 0.29) is 0 Å². The molecular formula is C7H10O3. The molecule has 1 rings (SSSR count). The van der Waals surface area contributed by atoms with Crippen LogP contribution in [0.1, 0.15) is 13.8 Å². The quantitative estimate of drug-likeness (QED) is 0.485. The first-order valence-electron chi connectivity index (χ1n) is 3.06. The monoisotopic (exact) mass is 142 g/mol. The van der Waals surface area contributed by atoms with Gasteiger partial charge in [-0.3, -0.25) is 4.79 Å². The highest BCUT2D eigenvalue weighted by atomic mass is 16.4. The Morgan fingerprint density at radius 2 is 1.90 bits per heavy atom. The van der Waals surface area contributed by atoms with Gasteiger partial charge in [0, 0.05) is 0 Å². The van der Waals surface area contributed by atoms with Crippen LogP contribution in [-0.2, 0) is 4.79 Å². The second-order valence-corrected chi connectivity index (χ2v) is 2.92. The van der Waals surface area contributed by atoms with Gasteiger partial charge in [-0.05, 0) is 26.0 Å². The van der Waals surface area contributed by atoms with Crippen LogP contribution in [-0.4, -0.2) is 27.2 Å². The Morgan fingerprint density at radius 1 is 1.40 bits per heavy atom. The van der Waals surface area contributed by atoms with E-state index in [1.807, 2.05) is 0 Å². The highest BCUT2D eigenvalue weighted by Crippen LogP contribution is 2.29. The molecule has 0 saturated heterocycles. The Balaban J connectivity index is 3.05. The Bertz CT molecular complexity index is 201. The summed E-state index contributed by atoms with van der Waals surface area (Å²) in [5.41, 5.74) is -3.06. The van der Waals surface area contributed by atoms with Gasteiger partial charge < -0.3 is 10.2 Å². The minimum absolute atomic E-state index is 0.447. The van der Waals surface area contributed by atoms with Crippen molar-refractivity contribution in [2.75, 3.05) is 0 Å². The molecule has 2 unspecified atom stereocenters. The van der Waals surface area contributed by atoms with E-state index in [0.717, 1.165) is 0 Å². The lowest BCUT2D eigenvalue weighted by atomic mass is 9.89. The molecule has 0 aliphatic heterocycles. The topological polar surface area (TPSA) is 57.5 Å². The zero-order chi connectivity index (χ0) is 7.99. The van der Waals surface area contributed by atoms with Crippen molar-refractivity contribution in [3.63, 3.8) is 0 Å². The summed E-state index contributed by atoms with van der Waals surface area (Å²) in [4.78, 5) is 10.8. The summed E-state index contributed by atoms with van der Waals surface area (Å²) >= 11 is 0. The van der Waals surface area contributed by atoms with E-state index in [2.05, 4.69) is 0 Å². The lowest BCUT2D eigenvalue weighted by Gasteiger charge is -2.28. The summed E-state index contributed by atoms with van der Waals surface area (Å²) < 4.78 is 0. The number of carbonyl (C=O) groups excluding carboxylic acids is 1. The van der Waals surface area contributed by atoms with Crippen LogP contribution in [0.25, 0.3) is 0 Å². The molecule has 0 aromatic rings. The first-order valence-corrected chi connectivity index (χ1v) is 3.06. The van der Waals surface area contributed by atoms with Crippen molar-refractivity contribution in [1.29, 1.82) is 0 Å². The third-order valence-electron chi connectivity index (χ3n) is 2.02. The van der Waals surface area contributed by atoms with Gasteiger partial charge in [-0.1, -0.05) is 0 Å². The summed E-state index contributed by atoms with van der Waals surface area (Å²) in [5.74, 6) is -0.447. The van der Waals surface area contributed by atoms with Gasteiger partial charge in [-0.15, -0.1) is 0 Å². The van der Waals surface area contributed by atoms with Gasteiger partial charge in [0.05, 0.1) is 0 Å². The zero-order valence-electron chi connectivity index (χ0n) is 5.96. The fourth-order valence-corrected chi connectivity index (χ4v) is 0.812. The fraction of sp³-hybridized carbons (Fsp3) is 0.571. The van der Waals surface area contributed by atoms with E-state index in [0.29, 0.717) is 0 Å². The Hall–Kier alpha value is -0.670. The van der Waals surface area contributed by atoms with Crippen LogP contribution in [0.15, 0.2) is 12.2 Å². The number of rotatable bonds is 0. The van der Waals surface area contributed by atoms with Crippen LogP contribution < -0.4 is 0 Å². The maximum Gasteiger partial charge on any atom is 0.189 e. The van der Waals surface area contributed by atoms with Crippen molar-refractivity contribution in [3.8, 4) is 0 Å². The minimum Gasteiger partial charge on any atom is -0.383 e. The summed E-state index contributed by atoms with van der Waals surface area (Å²) in [6.07, 6.45) is 2.50. The van der Waals surface area contributed by atoms with Crippen LogP contribution in [0.4, 0.5) is 0 Å². The van der Waals surface area contributed by atoms with Crippen molar-refractivity contribution in [2.24, 2.45) is 0 Å². The van der Waals surface area contributed by atoms with Gasteiger partial charge in [0.2, 0.25) is 0 Å². The van der Waals surface area contributed by atoms with E-state index < -0.39 is 17.0 Å². The fourth-order valence-electron chi connectivity index (χ4n) is 0.812. The number of hydrogen-bond donors (Lipinski definition) is 2. The Labute approximate surface area is 59.0 Å². The van der Waals surface area contributed by atoms with Crippen LogP contribution in [0.3, 0.4) is 0 Å². The number of carbonyl (C=O) groups is 1. The minimum atomic E-state index is -1.65. The third kappa shape index (κ3) is 0.711. The maximum atomic E-state index is 10.8. The van der Waals surface area contributed by atoms with Crippen molar-refractivity contribution < 1.29 is 15.0 Å². The summed E-state index contributed by atoms with van der Waals surface area (Å²) in [7, 11) is 0. The number of hydrogen-bond acceptors (Lipinski definition) is 3. The van der Waals surface area contributed by atoms with Gasteiger partial charge in [0.1, 0.15) is 5.60 Å². The molecule has 2 atom stereocenters. The van der Waals surface area contributed by atoms with Crippen LogP contribution in [0.2, 0.25) is 0 Å². The molecule has 0 aromatic carbocycles. The molecule has 0 fully saturated rings. The molecule has 0 amide bonds. The van der Waals surface area contributed by atoms with Crippen molar-refractivity contribution >= 4 is 5.78 Å². The zero-order valence-corrected chi connectivity index (χ0v) is 5.96. The van der Waals surface area contributed by atoms with E-state index >= 15 is 0 Å². The standard InChI is InChI=1S/C7H10O3/c1-6(9)4-3-5(8)7(6,2)10/h3-4,9-10H,1-2H3. The second-order valence-electron chi connectivity index (χ2n) is 2.92. The van der Waals surface area contributed by atoms with Crippen LogP contribution in [0.5, 0.6) is 0 Å². The van der Waals surface area contributed by atoms with Crippen molar-refractivity contribution in [3.05, 3.63) is 12.2 Å². The third-order valence-corrected chi connectivity index (χ3v) is 2.02. The first-order chi connectivity index (χ1) is 4.38. The summed E-state index contributed by atoms with van der Waals surface area (Å²) in [6.45, 7) is 2.70. The predicted octanol–water partition coefficient (Wildman–Crippen LogP) is -0.373. The summed E-state index contributed by atoms with van der Waals surface area (Å²) in [6, 6.07) is 0. The highest BCUT2D eigenvalue weighted by Gasteiger charge is 2.48. The number of ketones is 1. The van der Waals surface area contributed by atoms with Crippen LogP contribution in [0, 0.1) is 0 Å².